The molecule has 0 aromatic rings. The highest BCUT2D eigenvalue weighted by Gasteiger charge is 2.31. The molecule has 1 amide bonds. The fraction of sp³-hybridized carbons (Fsp3) is 0.846. The topological polar surface area (TPSA) is 70.1 Å². The zero-order valence-corrected chi connectivity index (χ0v) is 10.9. The number of primary amides is 1. The summed E-state index contributed by atoms with van der Waals surface area (Å²) in [5.74, 6) is 0.241. The van der Waals surface area contributed by atoms with Gasteiger partial charge in [-0.15, -0.1) is 0 Å². The number of nitrogens with two attached hydrogens (primary N) is 1. The molecule has 0 aliphatic heterocycles. The van der Waals surface area contributed by atoms with E-state index in [1.807, 2.05) is 0 Å². The number of carbonyl (C=O) groups excluding carboxylic acids is 1. The van der Waals surface area contributed by atoms with Crippen LogP contribution in [0.15, 0.2) is 0 Å². The number of amides is 1. The van der Waals surface area contributed by atoms with Crippen LogP contribution >= 0.6 is 0 Å². The maximum absolute atomic E-state index is 11.1. The molecule has 0 aromatic heterocycles. The van der Waals surface area contributed by atoms with E-state index >= 15 is 0 Å². The zero-order valence-electron chi connectivity index (χ0n) is 10.9. The molecule has 1 saturated carbocycles. The van der Waals surface area contributed by atoms with Gasteiger partial charge in [0.1, 0.15) is 0 Å². The summed E-state index contributed by atoms with van der Waals surface area (Å²) in [6.45, 7) is 5.36. The van der Waals surface area contributed by atoms with Crippen molar-refractivity contribution in [2.75, 3.05) is 13.1 Å². The van der Waals surface area contributed by atoms with Gasteiger partial charge in [-0.25, -0.2) is 0 Å². The Kier molecular flexibility index (Phi) is 5.43. The van der Waals surface area contributed by atoms with Gasteiger partial charge in [-0.3, -0.25) is 9.69 Å². The van der Waals surface area contributed by atoms with Crippen molar-refractivity contribution in [3.63, 3.8) is 0 Å². The Bertz CT molecular complexity index is 296. The number of nitrogens with zero attached hydrogens (tertiary/aromatic N) is 2. The smallest absolute Gasteiger partial charge is 0.231 e. The third kappa shape index (κ3) is 4.35. The van der Waals surface area contributed by atoms with E-state index in [0.717, 1.165) is 32.2 Å². The first-order chi connectivity index (χ1) is 8.04. The average molecular weight is 237 g/mol. The van der Waals surface area contributed by atoms with Crippen LogP contribution in [0, 0.1) is 23.2 Å². The van der Waals surface area contributed by atoms with E-state index in [9.17, 15) is 10.1 Å². The molecule has 0 bridgehead atoms. The number of hydrogen-bond acceptors (Lipinski definition) is 3. The summed E-state index contributed by atoms with van der Waals surface area (Å²) >= 11 is 0. The molecule has 1 aliphatic carbocycles. The van der Waals surface area contributed by atoms with Crippen molar-refractivity contribution in [2.24, 2.45) is 17.6 Å². The van der Waals surface area contributed by atoms with E-state index in [1.54, 1.807) is 0 Å². The normalized spacial score (nSPS) is 24.9. The molecule has 4 nitrogen and oxygen atoms in total. The average Bonchev–Trinajstić information content (AvgIpc) is 2.27. The molecule has 1 fully saturated rings. The second-order valence-corrected chi connectivity index (χ2v) is 5.38. The lowest BCUT2D eigenvalue weighted by Gasteiger charge is -2.37. The quantitative estimate of drug-likeness (QED) is 0.788. The molecule has 0 heterocycles. The monoisotopic (exact) mass is 237 g/mol. The Labute approximate surface area is 104 Å². The number of rotatable bonds is 5. The predicted octanol–water partition coefficient (Wildman–Crippen LogP) is 1.51. The van der Waals surface area contributed by atoms with Crippen LogP contribution in [0.3, 0.4) is 0 Å². The van der Waals surface area contributed by atoms with E-state index < -0.39 is 0 Å². The van der Waals surface area contributed by atoms with Crippen LogP contribution in [-0.4, -0.2) is 29.9 Å². The summed E-state index contributed by atoms with van der Waals surface area (Å²) in [5.41, 5.74) is 5.30. The first-order valence-electron chi connectivity index (χ1n) is 6.46. The van der Waals surface area contributed by atoms with Crippen LogP contribution in [0.5, 0.6) is 0 Å². The molecule has 96 valence electrons. The molecule has 0 spiro atoms. The number of hydrogen-bond donors (Lipinski definition) is 1. The Morgan fingerprint density at radius 1 is 1.47 bits per heavy atom. The fourth-order valence-corrected chi connectivity index (χ4v) is 2.69. The van der Waals surface area contributed by atoms with Crippen molar-refractivity contribution in [1.82, 2.24) is 4.90 Å². The highest BCUT2D eigenvalue weighted by Crippen LogP contribution is 2.28. The molecular weight excluding hydrogens is 214 g/mol. The summed E-state index contributed by atoms with van der Waals surface area (Å²) in [4.78, 5) is 13.2. The van der Waals surface area contributed by atoms with Crippen LogP contribution in [0.2, 0.25) is 0 Å². The van der Waals surface area contributed by atoms with Crippen LogP contribution in [-0.2, 0) is 4.79 Å². The molecule has 4 heteroatoms. The van der Waals surface area contributed by atoms with Crippen molar-refractivity contribution in [3.05, 3.63) is 0 Å². The lowest BCUT2D eigenvalue weighted by atomic mass is 9.84. The Hall–Kier alpha value is -1.08. The molecule has 2 atom stereocenters. The van der Waals surface area contributed by atoms with Gasteiger partial charge in [0, 0.05) is 12.6 Å². The number of nitriles is 1. The summed E-state index contributed by atoms with van der Waals surface area (Å²) in [6.07, 6.45) is 4.24. The zero-order chi connectivity index (χ0) is 12.8. The number of carbonyl (C=O) groups is 1. The van der Waals surface area contributed by atoms with Crippen LogP contribution in [0.4, 0.5) is 0 Å². The van der Waals surface area contributed by atoms with Crippen molar-refractivity contribution in [2.45, 2.75) is 45.6 Å². The highest BCUT2D eigenvalue weighted by molar-refractivity contribution is 5.76. The Balaban J connectivity index is 2.72. The minimum absolute atomic E-state index is 0.0573. The lowest BCUT2D eigenvalue weighted by molar-refractivity contribution is -0.120. The summed E-state index contributed by atoms with van der Waals surface area (Å²) < 4.78 is 0. The first kappa shape index (κ1) is 14.0. The van der Waals surface area contributed by atoms with Gasteiger partial charge in [-0.05, 0) is 18.8 Å². The predicted molar refractivity (Wildman–Crippen MR) is 67.0 cm³/mol. The van der Waals surface area contributed by atoms with E-state index in [0.29, 0.717) is 5.92 Å². The van der Waals surface area contributed by atoms with E-state index in [4.69, 9.17) is 5.73 Å². The summed E-state index contributed by atoms with van der Waals surface area (Å²) in [7, 11) is 0. The molecule has 0 aromatic carbocycles. The lowest BCUT2D eigenvalue weighted by Crippen LogP contribution is -2.47. The largest absolute Gasteiger partial charge is 0.369 e. The van der Waals surface area contributed by atoms with Crippen molar-refractivity contribution in [1.29, 1.82) is 5.26 Å². The van der Waals surface area contributed by atoms with E-state index in [2.05, 4.69) is 24.8 Å². The Morgan fingerprint density at radius 2 is 2.12 bits per heavy atom. The van der Waals surface area contributed by atoms with Crippen molar-refractivity contribution < 1.29 is 4.79 Å². The molecule has 2 unspecified atom stereocenters. The second kappa shape index (κ2) is 6.61. The molecule has 1 aliphatic rings. The standard InChI is InChI=1S/C13H23N3O/c1-10(2)8-16(9-13(15)17)12-6-4-3-5-11(12)7-14/h10-12H,3-6,8-9H2,1-2H3,(H2,15,17). The first-order valence-corrected chi connectivity index (χ1v) is 6.46. The van der Waals surface area contributed by atoms with Gasteiger partial charge in [-0.2, -0.15) is 5.26 Å². The van der Waals surface area contributed by atoms with Gasteiger partial charge in [-0.1, -0.05) is 26.7 Å². The molecule has 2 N–H and O–H groups in total. The van der Waals surface area contributed by atoms with Crippen LogP contribution in [0.1, 0.15) is 39.5 Å². The van der Waals surface area contributed by atoms with Crippen molar-refractivity contribution >= 4 is 5.91 Å². The minimum Gasteiger partial charge on any atom is -0.369 e. The SMILES string of the molecule is CC(C)CN(CC(N)=O)C1CCCCC1C#N. The van der Waals surface area contributed by atoms with Gasteiger partial charge in [0.25, 0.3) is 0 Å². The third-order valence-corrected chi connectivity index (χ3v) is 3.32. The Morgan fingerprint density at radius 3 is 2.65 bits per heavy atom. The van der Waals surface area contributed by atoms with Crippen LogP contribution in [0.25, 0.3) is 0 Å². The molecule has 0 saturated heterocycles. The van der Waals surface area contributed by atoms with Gasteiger partial charge in [0.05, 0.1) is 18.5 Å². The maximum Gasteiger partial charge on any atom is 0.231 e. The van der Waals surface area contributed by atoms with Crippen molar-refractivity contribution in [3.8, 4) is 6.07 Å². The van der Waals surface area contributed by atoms with Crippen LogP contribution < -0.4 is 5.73 Å². The van der Waals surface area contributed by atoms with Gasteiger partial charge >= 0.3 is 0 Å². The summed E-state index contributed by atoms with van der Waals surface area (Å²) in [5, 5.41) is 9.19. The third-order valence-electron chi connectivity index (χ3n) is 3.32. The second-order valence-electron chi connectivity index (χ2n) is 5.38. The maximum atomic E-state index is 11.1. The summed E-state index contributed by atoms with van der Waals surface area (Å²) in [6, 6.07) is 2.60. The highest BCUT2D eigenvalue weighted by atomic mass is 16.1. The minimum atomic E-state index is -0.298. The van der Waals surface area contributed by atoms with E-state index in [-0.39, 0.29) is 24.4 Å². The molecule has 0 radical (unpaired) electrons. The molecule has 17 heavy (non-hydrogen) atoms. The molecular formula is C13H23N3O. The van der Waals surface area contributed by atoms with Gasteiger partial charge in [0.15, 0.2) is 0 Å². The van der Waals surface area contributed by atoms with Gasteiger partial charge in [0.2, 0.25) is 5.91 Å². The van der Waals surface area contributed by atoms with E-state index in [1.165, 1.54) is 0 Å². The molecule has 1 rings (SSSR count). The van der Waals surface area contributed by atoms with Gasteiger partial charge < -0.3 is 5.73 Å². The fourth-order valence-electron chi connectivity index (χ4n) is 2.69.